The summed E-state index contributed by atoms with van der Waals surface area (Å²) in [4.78, 5) is 12.4. The van der Waals surface area contributed by atoms with Crippen LogP contribution in [0.15, 0.2) is 48.5 Å². The van der Waals surface area contributed by atoms with Crippen LogP contribution < -0.4 is 0 Å². The first-order valence-corrected chi connectivity index (χ1v) is 7.60. The normalized spacial score (nSPS) is 11.5. The number of rotatable bonds is 3. The van der Waals surface area contributed by atoms with Crippen LogP contribution in [0, 0.1) is 0 Å². The summed E-state index contributed by atoms with van der Waals surface area (Å²) in [5.74, 6) is -0.507. The fraction of sp³-hybridized carbons (Fsp3) is 0.222. The highest BCUT2D eigenvalue weighted by Crippen LogP contribution is 2.27. The Bertz CT molecular complexity index is 877. The molecule has 0 bridgehead atoms. The van der Waals surface area contributed by atoms with Gasteiger partial charge >= 0.3 is 5.97 Å². The second-order valence-electron chi connectivity index (χ2n) is 6.55. The minimum Gasteiger partial charge on any atom is -0.478 e. The molecule has 0 aliphatic carbocycles. The number of nitrogens with zero attached hydrogens (tertiary/aromatic N) is 4. The Kier molecular flexibility index (Phi) is 3.89. The van der Waals surface area contributed by atoms with E-state index < -0.39 is 5.97 Å². The van der Waals surface area contributed by atoms with Crippen molar-refractivity contribution in [2.24, 2.45) is 0 Å². The third-order valence-corrected chi connectivity index (χ3v) is 3.73. The van der Waals surface area contributed by atoms with Gasteiger partial charge in [-0.3, -0.25) is 0 Å². The van der Waals surface area contributed by atoms with Crippen molar-refractivity contribution in [3.05, 3.63) is 59.7 Å². The lowest BCUT2D eigenvalue weighted by Gasteiger charge is -2.21. The summed E-state index contributed by atoms with van der Waals surface area (Å²) in [6.45, 7) is 6.40. The zero-order chi connectivity index (χ0) is 17.3. The van der Waals surface area contributed by atoms with Crippen molar-refractivity contribution in [2.75, 3.05) is 0 Å². The summed E-state index contributed by atoms with van der Waals surface area (Å²) < 4.78 is 0. The molecule has 0 atom stereocenters. The predicted molar refractivity (Wildman–Crippen MR) is 90.2 cm³/mol. The highest BCUT2D eigenvalue weighted by atomic mass is 16.4. The third-order valence-electron chi connectivity index (χ3n) is 3.73. The first kappa shape index (κ1) is 15.9. The molecule has 0 unspecified atom stereocenters. The molecule has 1 N–H and O–H groups in total. The number of carboxylic acid groups (broad SMARTS) is 1. The first-order valence-electron chi connectivity index (χ1n) is 7.60. The van der Waals surface area contributed by atoms with E-state index in [2.05, 4.69) is 42.2 Å². The standard InChI is InChI=1S/C18H18N4O2/c1-18(2,3)14-6-4-5-7-15(14)22-20-16(19-21-22)12-8-10-13(11-9-12)17(23)24/h4-11H,1-3H3,(H,23,24). The molecule has 2 aromatic carbocycles. The van der Waals surface area contributed by atoms with Gasteiger partial charge in [0, 0.05) is 5.56 Å². The second-order valence-corrected chi connectivity index (χ2v) is 6.55. The number of carboxylic acids is 1. The number of hydrogen-bond donors (Lipinski definition) is 1. The lowest BCUT2D eigenvalue weighted by molar-refractivity contribution is 0.0697. The van der Waals surface area contributed by atoms with Crippen LogP contribution in [0.4, 0.5) is 0 Å². The Morgan fingerprint density at radius 2 is 1.71 bits per heavy atom. The SMILES string of the molecule is CC(C)(C)c1ccccc1-n1nnc(-c2ccc(C(=O)O)cc2)n1. The van der Waals surface area contributed by atoms with Crippen LogP contribution >= 0.6 is 0 Å². The van der Waals surface area contributed by atoms with Gasteiger partial charge in [0.25, 0.3) is 0 Å². The Balaban J connectivity index is 1.99. The molecule has 0 saturated heterocycles. The lowest BCUT2D eigenvalue weighted by atomic mass is 9.86. The summed E-state index contributed by atoms with van der Waals surface area (Å²) in [6, 6.07) is 14.4. The molecule has 6 heteroatoms. The van der Waals surface area contributed by atoms with Gasteiger partial charge in [-0.2, -0.15) is 0 Å². The van der Waals surface area contributed by atoms with Crippen LogP contribution in [-0.4, -0.2) is 31.3 Å². The molecular formula is C18H18N4O2. The Morgan fingerprint density at radius 3 is 2.33 bits per heavy atom. The predicted octanol–water partition coefficient (Wildman–Crippen LogP) is 3.33. The lowest BCUT2D eigenvalue weighted by Crippen LogP contribution is -2.16. The van der Waals surface area contributed by atoms with Crippen LogP contribution in [0.1, 0.15) is 36.7 Å². The number of aromatic carboxylic acids is 1. The molecule has 0 amide bonds. The monoisotopic (exact) mass is 322 g/mol. The van der Waals surface area contributed by atoms with Gasteiger partial charge in [-0.25, -0.2) is 4.79 Å². The molecule has 122 valence electrons. The van der Waals surface area contributed by atoms with Crippen LogP contribution in [0.2, 0.25) is 0 Å². The van der Waals surface area contributed by atoms with Crippen molar-refractivity contribution in [1.29, 1.82) is 0 Å². The molecule has 1 aromatic heterocycles. The molecule has 0 saturated carbocycles. The van der Waals surface area contributed by atoms with E-state index in [-0.39, 0.29) is 11.0 Å². The van der Waals surface area contributed by atoms with E-state index in [1.807, 2.05) is 18.2 Å². The van der Waals surface area contributed by atoms with E-state index in [4.69, 9.17) is 5.11 Å². The highest BCUT2D eigenvalue weighted by Gasteiger charge is 2.20. The van der Waals surface area contributed by atoms with Crippen molar-refractivity contribution in [3.63, 3.8) is 0 Å². The average Bonchev–Trinajstić information content (AvgIpc) is 3.04. The Hall–Kier alpha value is -3.02. The Morgan fingerprint density at radius 1 is 1.04 bits per heavy atom. The smallest absolute Gasteiger partial charge is 0.335 e. The molecular weight excluding hydrogens is 304 g/mol. The van der Waals surface area contributed by atoms with Crippen LogP contribution in [0.25, 0.3) is 17.1 Å². The molecule has 1 heterocycles. The minimum atomic E-state index is -0.961. The van der Waals surface area contributed by atoms with E-state index in [0.29, 0.717) is 5.82 Å². The minimum absolute atomic E-state index is 0.0481. The molecule has 3 rings (SSSR count). The van der Waals surface area contributed by atoms with E-state index in [9.17, 15) is 4.79 Å². The van der Waals surface area contributed by atoms with Gasteiger partial charge in [0.15, 0.2) is 0 Å². The number of carbonyl (C=O) groups is 1. The van der Waals surface area contributed by atoms with Crippen molar-refractivity contribution in [1.82, 2.24) is 20.2 Å². The number of benzene rings is 2. The second kappa shape index (κ2) is 5.88. The van der Waals surface area contributed by atoms with E-state index in [0.717, 1.165) is 16.8 Å². The van der Waals surface area contributed by atoms with E-state index in [1.54, 1.807) is 12.1 Å². The number of hydrogen-bond acceptors (Lipinski definition) is 4. The van der Waals surface area contributed by atoms with Crippen molar-refractivity contribution in [2.45, 2.75) is 26.2 Å². The van der Waals surface area contributed by atoms with Crippen molar-refractivity contribution >= 4 is 5.97 Å². The summed E-state index contributed by atoms with van der Waals surface area (Å²) in [6.07, 6.45) is 0. The van der Waals surface area contributed by atoms with Crippen LogP contribution in [0.5, 0.6) is 0 Å². The average molecular weight is 322 g/mol. The summed E-state index contributed by atoms with van der Waals surface area (Å²) in [5.41, 5.74) is 2.90. The highest BCUT2D eigenvalue weighted by molar-refractivity contribution is 5.88. The maximum absolute atomic E-state index is 10.9. The zero-order valence-electron chi connectivity index (χ0n) is 13.8. The van der Waals surface area contributed by atoms with Crippen LogP contribution in [-0.2, 0) is 5.41 Å². The van der Waals surface area contributed by atoms with Gasteiger partial charge < -0.3 is 5.11 Å². The maximum Gasteiger partial charge on any atom is 0.335 e. The molecule has 0 aliphatic heterocycles. The molecule has 6 nitrogen and oxygen atoms in total. The molecule has 3 aromatic rings. The van der Waals surface area contributed by atoms with Crippen molar-refractivity contribution < 1.29 is 9.90 Å². The number of aromatic nitrogens is 4. The summed E-state index contributed by atoms with van der Waals surface area (Å²) in [5, 5.41) is 21.7. The summed E-state index contributed by atoms with van der Waals surface area (Å²) >= 11 is 0. The van der Waals surface area contributed by atoms with Gasteiger partial charge in [0.2, 0.25) is 5.82 Å². The van der Waals surface area contributed by atoms with Crippen molar-refractivity contribution in [3.8, 4) is 17.1 Å². The largest absolute Gasteiger partial charge is 0.478 e. The van der Waals surface area contributed by atoms with E-state index >= 15 is 0 Å². The first-order chi connectivity index (χ1) is 11.4. The molecule has 0 radical (unpaired) electrons. The summed E-state index contributed by atoms with van der Waals surface area (Å²) in [7, 11) is 0. The fourth-order valence-electron chi connectivity index (χ4n) is 2.48. The fourth-order valence-corrected chi connectivity index (χ4v) is 2.48. The van der Waals surface area contributed by atoms with Gasteiger partial charge in [-0.15, -0.1) is 15.0 Å². The molecule has 24 heavy (non-hydrogen) atoms. The Labute approximate surface area is 139 Å². The molecule has 0 spiro atoms. The number of para-hydroxylation sites is 1. The third kappa shape index (κ3) is 3.03. The van der Waals surface area contributed by atoms with Gasteiger partial charge in [0.1, 0.15) is 0 Å². The molecule has 0 aliphatic rings. The zero-order valence-corrected chi connectivity index (χ0v) is 13.8. The van der Waals surface area contributed by atoms with Gasteiger partial charge in [0.05, 0.1) is 11.3 Å². The molecule has 0 fully saturated rings. The van der Waals surface area contributed by atoms with E-state index in [1.165, 1.54) is 16.9 Å². The van der Waals surface area contributed by atoms with Crippen LogP contribution in [0.3, 0.4) is 0 Å². The number of tetrazole rings is 1. The maximum atomic E-state index is 10.9. The van der Waals surface area contributed by atoms with Gasteiger partial charge in [-0.05, 0) is 34.4 Å². The topological polar surface area (TPSA) is 80.9 Å². The van der Waals surface area contributed by atoms with Gasteiger partial charge in [-0.1, -0.05) is 51.1 Å². The quantitative estimate of drug-likeness (QED) is 0.800.